The number of benzene rings is 1. The summed E-state index contributed by atoms with van der Waals surface area (Å²) in [5.41, 5.74) is 2.12. The third-order valence-electron chi connectivity index (χ3n) is 3.48. The maximum absolute atomic E-state index is 14.3. The van der Waals surface area contributed by atoms with Crippen LogP contribution in [-0.2, 0) is 4.84 Å². The number of carbonyl (C=O) groups is 1. The summed E-state index contributed by atoms with van der Waals surface area (Å²) in [5.74, 6) is -1.45. The van der Waals surface area contributed by atoms with Gasteiger partial charge in [0.25, 0.3) is 0 Å². The van der Waals surface area contributed by atoms with Gasteiger partial charge in [-0.15, -0.1) is 0 Å². The van der Waals surface area contributed by atoms with Crippen molar-refractivity contribution in [3.8, 4) is 5.75 Å². The minimum absolute atomic E-state index is 0.0698. The lowest BCUT2D eigenvalue weighted by Gasteiger charge is -2.16. The van der Waals surface area contributed by atoms with Gasteiger partial charge in [0.2, 0.25) is 0 Å². The molecule has 8 nitrogen and oxygen atoms in total. The maximum atomic E-state index is 14.3. The highest BCUT2D eigenvalue weighted by atomic mass is 79.9. The Kier molecular flexibility index (Phi) is 6.07. The fraction of sp³-hybridized carbons (Fsp3) is 0.176. The number of aromatic nitrogens is 2. The summed E-state index contributed by atoms with van der Waals surface area (Å²) in [5, 5.41) is 11.9. The summed E-state index contributed by atoms with van der Waals surface area (Å²) < 4.78 is 35.4. The molecule has 3 rings (SSSR count). The van der Waals surface area contributed by atoms with Crippen LogP contribution in [0.25, 0.3) is 5.52 Å². The molecule has 11 heteroatoms. The average molecular weight is 457 g/mol. The van der Waals surface area contributed by atoms with E-state index in [4.69, 9.17) is 14.7 Å². The summed E-state index contributed by atoms with van der Waals surface area (Å²) in [4.78, 5) is 20.5. The summed E-state index contributed by atoms with van der Waals surface area (Å²) in [6.45, 7) is 1.30. The Morgan fingerprint density at radius 2 is 2.14 bits per heavy atom. The molecule has 0 saturated carbocycles. The largest absolute Gasteiger partial charge is 0.436 e. The van der Waals surface area contributed by atoms with Crippen LogP contribution >= 0.6 is 15.9 Å². The molecule has 0 aliphatic carbocycles. The van der Waals surface area contributed by atoms with Crippen LogP contribution in [0.5, 0.6) is 5.75 Å². The normalized spacial score (nSPS) is 12.0. The molecule has 0 bridgehead atoms. The number of anilines is 2. The number of nitrogens with zero attached hydrogens (tertiary/aromatic N) is 2. The third-order valence-corrected chi connectivity index (χ3v) is 3.98. The van der Waals surface area contributed by atoms with Crippen molar-refractivity contribution < 1.29 is 28.3 Å². The minimum Gasteiger partial charge on any atom is -0.405 e. The predicted molar refractivity (Wildman–Crippen MR) is 99.3 cm³/mol. The maximum Gasteiger partial charge on any atom is 0.436 e. The first-order chi connectivity index (χ1) is 13.3. The summed E-state index contributed by atoms with van der Waals surface area (Å²) in [7, 11) is 0. The highest BCUT2D eigenvalue weighted by molar-refractivity contribution is 9.10. The number of carbonyl (C=O) groups excluding carboxylic acids is 1. The lowest BCUT2D eigenvalue weighted by Crippen LogP contribution is -2.30. The molecule has 1 atom stereocenters. The Hall–Kier alpha value is -2.76. The monoisotopic (exact) mass is 456 g/mol. The predicted octanol–water partition coefficient (Wildman–Crippen LogP) is 3.52. The first-order valence-corrected chi connectivity index (χ1v) is 8.78. The molecular weight excluding hydrogens is 442 g/mol. The number of amides is 1. The molecule has 0 radical (unpaired) electrons. The third kappa shape index (κ3) is 4.55. The molecule has 0 unspecified atom stereocenters. The Labute approximate surface area is 166 Å². The van der Waals surface area contributed by atoms with Crippen LogP contribution in [0.4, 0.5) is 25.1 Å². The van der Waals surface area contributed by atoms with Gasteiger partial charge >= 0.3 is 6.09 Å². The van der Waals surface area contributed by atoms with Crippen LogP contribution in [0.3, 0.4) is 0 Å². The second kappa shape index (κ2) is 8.50. The zero-order valence-corrected chi connectivity index (χ0v) is 16.0. The highest BCUT2D eigenvalue weighted by Crippen LogP contribution is 2.32. The highest BCUT2D eigenvalue weighted by Gasteiger charge is 2.18. The average Bonchev–Trinajstić information content (AvgIpc) is 3.10. The first-order valence-electron chi connectivity index (χ1n) is 7.99. The van der Waals surface area contributed by atoms with Crippen molar-refractivity contribution in [2.75, 3.05) is 11.9 Å². The van der Waals surface area contributed by atoms with Crippen LogP contribution in [0, 0.1) is 11.6 Å². The fourth-order valence-corrected chi connectivity index (χ4v) is 2.62. The van der Waals surface area contributed by atoms with Crippen LogP contribution in [0.15, 0.2) is 41.3 Å². The van der Waals surface area contributed by atoms with Crippen LogP contribution in [0.2, 0.25) is 0 Å². The summed E-state index contributed by atoms with van der Waals surface area (Å²) >= 11 is 3.16. The molecule has 2 heterocycles. The number of rotatable bonds is 6. The number of hydrogen-bond donors (Lipinski definition) is 3. The zero-order valence-electron chi connectivity index (χ0n) is 14.4. The molecule has 3 N–H and O–H groups in total. The van der Waals surface area contributed by atoms with Crippen LogP contribution < -0.4 is 15.5 Å². The standard InChI is InChI=1S/C17H15BrF2N4O4/c1-9(25)7-27-23-17(26)28-15-5-12(20)14-6-21-8-24(14)16(15)22-13-3-2-10(18)4-11(13)19/h2-6,8-9,22,25H,7H2,1H3,(H,23,26)/t9-/m0/s1. The van der Waals surface area contributed by atoms with Gasteiger partial charge in [-0.3, -0.25) is 9.24 Å². The Balaban J connectivity index is 1.92. The van der Waals surface area contributed by atoms with Gasteiger partial charge in [0.1, 0.15) is 24.3 Å². The molecular formula is C17H15BrF2N4O4. The first kappa shape index (κ1) is 20.0. The van der Waals surface area contributed by atoms with Gasteiger partial charge in [-0.25, -0.2) is 18.6 Å². The molecule has 2 aromatic heterocycles. The van der Waals surface area contributed by atoms with Gasteiger partial charge in [-0.1, -0.05) is 15.9 Å². The van der Waals surface area contributed by atoms with E-state index >= 15 is 0 Å². The number of halogens is 3. The van der Waals surface area contributed by atoms with E-state index in [1.54, 1.807) is 6.07 Å². The second-order valence-electron chi connectivity index (χ2n) is 5.75. The molecule has 0 fully saturated rings. The van der Waals surface area contributed by atoms with Crippen molar-refractivity contribution >= 4 is 39.0 Å². The molecule has 1 amide bonds. The van der Waals surface area contributed by atoms with E-state index in [-0.39, 0.29) is 29.4 Å². The molecule has 148 valence electrons. The van der Waals surface area contributed by atoms with Crippen molar-refractivity contribution in [1.29, 1.82) is 0 Å². The zero-order chi connectivity index (χ0) is 20.3. The minimum atomic E-state index is -1.06. The molecule has 1 aromatic carbocycles. The van der Waals surface area contributed by atoms with Crippen molar-refractivity contribution in [2.24, 2.45) is 0 Å². The molecule has 0 aliphatic rings. The van der Waals surface area contributed by atoms with E-state index in [0.717, 1.165) is 6.07 Å². The number of ether oxygens (including phenoxy) is 1. The van der Waals surface area contributed by atoms with E-state index in [0.29, 0.717) is 4.47 Å². The lowest BCUT2D eigenvalue weighted by atomic mass is 10.3. The second-order valence-corrected chi connectivity index (χ2v) is 6.67. The number of pyridine rings is 1. The van der Waals surface area contributed by atoms with E-state index in [2.05, 4.69) is 26.2 Å². The van der Waals surface area contributed by atoms with Crippen molar-refractivity contribution in [3.63, 3.8) is 0 Å². The van der Waals surface area contributed by atoms with Gasteiger partial charge in [-0.05, 0) is 25.1 Å². The lowest BCUT2D eigenvalue weighted by molar-refractivity contribution is -0.00421. The van der Waals surface area contributed by atoms with Crippen LogP contribution in [-0.4, -0.2) is 33.3 Å². The molecule has 0 aliphatic heterocycles. The van der Waals surface area contributed by atoms with Gasteiger partial charge in [0.15, 0.2) is 17.4 Å². The Bertz CT molecular complexity index is 1010. The quantitative estimate of drug-likeness (QED) is 0.491. The molecule has 0 spiro atoms. The van der Waals surface area contributed by atoms with Gasteiger partial charge in [-0.2, -0.15) is 5.48 Å². The summed E-state index contributed by atoms with van der Waals surface area (Å²) in [6.07, 6.45) is 0.691. The smallest absolute Gasteiger partial charge is 0.405 e. The van der Waals surface area contributed by atoms with Crippen molar-refractivity contribution in [2.45, 2.75) is 13.0 Å². The molecule has 0 saturated heterocycles. The number of aliphatic hydroxyl groups excluding tert-OH is 1. The molecule has 28 heavy (non-hydrogen) atoms. The van der Waals surface area contributed by atoms with E-state index in [1.165, 1.54) is 36.0 Å². The number of aliphatic hydroxyl groups is 1. The Morgan fingerprint density at radius 3 is 2.86 bits per heavy atom. The van der Waals surface area contributed by atoms with E-state index in [9.17, 15) is 13.6 Å². The number of imidazole rings is 1. The Morgan fingerprint density at radius 1 is 1.36 bits per heavy atom. The number of hydrogen-bond acceptors (Lipinski definition) is 6. The van der Waals surface area contributed by atoms with Crippen molar-refractivity contribution in [3.05, 3.63) is 52.9 Å². The molecule has 3 aromatic rings. The number of nitrogens with one attached hydrogen (secondary N) is 2. The number of hydroxylamine groups is 1. The van der Waals surface area contributed by atoms with Gasteiger partial charge < -0.3 is 15.2 Å². The summed E-state index contributed by atoms with van der Waals surface area (Å²) in [6, 6.07) is 5.27. The number of fused-ring (bicyclic) bond motifs is 1. The van der Waals surface area contributed by atoms with Crippen LogP contribution in [0.1, 0.15) is 6.92 Å². The SMILES string of the molecule is C[C@H](O)CONC(=O)Oc1cc(F)c2cncn2c1Nc1ccc(Br)cc1F. The van der Waals surface area contributed by atoms with Gasteiger partial charge in [0, 0.05) is 10.5 Å². The topological polar surface area (TPSA) is 97.1 Å². The van der Waals surface area contributed by atoms with Crippen molar-refractivity contribution in [1.82, 2.24) is 14.9 Å². The van der Waals surface area contributed by atoms with Gasteiger partial charge in [0.05, 0.1) is 18.0 Å². The van der Waals surface area contributed by atoms with E-state index < -0.39 is 23.8 Å². The fourth-order valence-electron chi connectivity index (χ4n) is 2.29. The van der Waals surface area contributed by atoms with E-state index in [1.807, 2.05) is 5.48 Å².